The number of carboxylic acid groups (broad SMARTS) is 1. The van der Waals surface area contributed by atoms with Crippen molar-refractivity contribution in [2.75, 3.05) is 20.3 Å². The average Bonchev–Trinajstić information content (AvgIpc) is 3.39. The minimum atomic E-state index is -0.747. The lowest BCUT2D eigenvalue weighted by Crippen LogP contribution is -2.26. The molecule has 1 aromatic rings. The average molecular weight is 320 g/mol. The molecule has 1 saturated carbocycles. The van der Waals surface area contributed by atoms with Crippen molar-refractivity contribution in [3.05, 3.63) is 23.8 Å². The first-order valence-corrected chi connectivity index (χ1v) is 8.31. The molecular weight excluding hydrogens is 296 g/mol. The molecule has 0 amide bonds. The summed E-state index contributed by atoms with van der Waals surface area (Å²) in [7, 11) is 1.62. The molecule has 0 spiro atoms. The van der Waals surface area contributed by atoms with Crippen LogP contribution in [0.15, 0.2) is 18.2 Å². The van der Waals surface area contributed by atoms with Gasteiger partial charge in [-0.15, -0.1) is 0 Å². The molecule has 0 radical (unpaired) electrons. The van der Waals surface area contributed by atoms with Gasteiger partial charge in [0.05, 0.1) is 26.7 Å². The molecule has 1 unspecified atom stereocenters. The fourth-order valence-corrected chi connectivity index (χ4v) is 3.23. The van der Waals surface area contributed by atoms with Gasteiger partial charge in [0.2, 0.25) is 0 Å². The molecule has 1 aliphatic heterocycles. The number of benzene rings is 1. The van der Waals surface area contributed by atoms with Crippen LogP contribution in [-0.4, -0.2) is 37.5 Å². The summed E-state index contributed by atoms with van der Waals surface area (Å²) in [6, 6.07) is 5.85. The summed E-state index contributed by atoms with van der Waals surface area (Å²) in [4.78, 5) is 11.1. The summed E-state index contributed by atoms with van der Waals surface area (Å²) >= 11 is 0. The van der Waals surface area contributed by atoms with Crippen molar-refractivity contribution < 1.29 is 24.1 Å². The van der Waals surface area contributed by atoms with Crippen LogP contribution in [0.2, 0.25) is 0 Å². The number of hydrogen-bond donors (Lipinski definition) is 1. The first kappa shape index (κ1) is 16.1. The highest BCUT2D eigenvalue weighted by atomic mass is 16.5. The monoisotopic (exact) mass is 320 g/mol. The Kier molecular flexibility index (Phi) is 5.06. The van der Waals surface area contributed by atoms with Crippen molar-refractivity contribution in [3.63, 3.8) is 0 Å². The van der Waals surface area contributed by atoms with Crippen LogP contribution in [0.3, 0.4) is 0 Å². The quantitative estimate of drug-likeness (QED) is 0.835. The second-order valence-electron chi connectivity index (χ2n) is 6.38. The number of methoxy groups -OCH3 is 1. The van der Waals surface area contributed by atoms with Crippen LogP contribution < -0.4 is 9.47 Å². The highest BCUT2D eigenvalue weighted by Gasteiger charge is 2.34. The molecule has 1 N–H and O–H groups in total. The first-order chi connectivity index (χ1) is 11.2. The normalized spacial score (nSPS) is 20.0. The maximum atomic E-state index is 11.1. The third kappa shape index (κ3) is 4.16. The summed E-state index contributed by atoms with van der Waals surface area (Å²) in [5, 5.41) is 9.15. The Labute approximate surface area is 136 Å². The smallest absolute Gasteiger partial charge is 0.303 e. The lowest BCUT2D eigenvalue weighted by atomic mass is 9.91. The van der Waals surface area contributed by atoms with E-state index in [2.05, 4.69) is 0 Å². The van der Waals surface area contributed by atoms with Gasteiger partial charge in [-0.2, -0.15) is 0 Å². The predicted molar refractivity (Wildman–Crippen MR) is 85.2 cm³/mol. The van der Waals surface area contributed by atoms with Crippen LogP contribution in [0.25, 0.3) is 0 Å². The van der Waals surface area contributed by atoms with Gasteiger partial charge in [0.25, 0.3) is 0 Å². The molecule has 1 aromatic carbocycles. The van der Waals surface area contributed by atoms with Gasteiger partial charge in [-0.1, -0.05) is 6.07 Å². The van der Waals surface area contributed by atoms with E-state index in [1.807, 2.05) is 18.2 Å². The highest BCUT2D eigenvalue weighted by molar-refractivity contribution is 5.68. The molecule has 1 saturated heterocycles. The van der Waals surface area contributed by atoms with Gasteiger partial charge in [-0.25, -0.2) is 0 Å². The fourth-order valence-electron chi connectivity index (χ4n) is 3.23. The number of aliphatic carboxylic acids is 1. The van der Waals surface area contributed by atoms with Crippen molar-refractivity contribution in [1.29, 1.82) is 0 Å². The van der Waals surface area contributed by atoms with Crippen LogP contribution in [0.4, 0.5) is 0 Å². The third-order valence-corrected chi connectivity index (χ3v) is 4.66. The number of hydrogen-bond acceptors (Lipinski definition) is 4. The van der Waals surface area contributed by atoms with Crippen LogP contribution in [0.1, 0.15) is 43.6 Å². The van der Waals surface area contributed by atoms with E-state index in [4.69, 9.17) is 19.3 Å². The largest absolute Gasteiger partial charge is 0.493 e. The van der Waals surface area contributed by atoms with Gasteiger partial charge in [0.1, 0.15) is 6.10 Å². The first-order valence-electron chi connectivity index (χ1n) is 8.31. The van der Waals surface area contributed by atoms with E-state index in [0.29, 0.717) is 11.7 Å². The Balaban J connectivity index is 1.76. The van der Waals surface area contributed by atoms with Gasteiger partial charge in [-0.05, 0) is 42.4 Å². The molecule has 2 fully saturated rings. The maximum Gasteiger partial charge on any atom is 0.303 e. The van der Waals surface area contributed by atoms with Crippen molar-refractivity contribution in [3.8, 4) is 11.5 Å². The zero-order chi connectivity index (χ0) is 16.2. The van der Waals surface area contributed by atoms with E-state index in [9.17, 15) is 4.79 Å². The predicted octanol–water partition coefficient (Wildman–Crippen LogP) is 3.22. The molecular formula is C18H24O5. The molecule has 5 heteroatoms. The van der Waals surface area contributed by atoms with E-state index in [-0.39, 0.29) is 18.4 Å². The van der Waals surface area contributed by atoms with E-state index in [1.165, 1.54) is 0 Å². The van der Waals surface area contributed by atoms with E-state index < -0.39 is 5.97 Å². The van der Waals surface area contributed by atoms with Gasteiger partial charge >= 0.3 is 5.97 Å². The standard InChI is InChI=1S/C18H24O5/c1-21-17-10-13(15(11-18(19)20)12-2-3-12)4-5-16(17)23-14-6-8-22-9-7-14/h4-5,10,12,14-15H,2-3,6-9,11H2,1H3,(H,19,20). The highest BCUT2D eigenvalue weighted by Crippen LogP contribution is 2.46. The molecule has 0 aromatic heterocycles. The molecule has 23 heavy (non-hydrogen) atoms. The van der Waals surface area contributed by atoms with E-state index >= 15 is 0 Å². The van der Waals surface area contributed by atoms with Gasteiger partial charge in [-0.3, -0.25) is 4.79 Å². The van der Waals surface area contributed by atoms with Crippen molar-refractivity contribution in [2.24, 2.45) is 5.92 Å². The molecule has 126 valence electrons. The number of carboxylic acids is 1. The number of carbonyl (C=O) groups is 1. The Morgan fingerprint density at radius 2 is 2.00 bits per heavy atom. The lowest BCUT2D eigenvalue weighted by Gasteiger charge is -2.25. The van der Waals surface area contributed by atoms with Crippen LogP contribution in [0.5, 0.6) is 11.5 Å². The van der Waals surface area contributed by atoms with Gasteiger partial charge < -0.3 is 19.3 Å². The summed E-state index contributed by atoms with van der Waals surface area (Å²) in [6.45, 7) is 1.46. The van der Waals surface area contributed by atoms with Crippen molar-refractivity contribution >= 4 is 5.97 Å². The summed E-state index contributed by atoms with van der Waals surface area (Å²) < 4.78 is 16.9. The second-order valence-corrected chi connectivity index (χ2v) is 6.38. The van der Waals surface area contributed by atoms with Crippen molar-refractivity contribution in [1.82, 2.24) is 0 Å². The molecule has 0 bridgehead atoms. The van der Waals surface area contributed by atoms with E-state index in [1.54, 1.807) is 7.11 Å². The van der Waals surface area contributed by atoms with Gasteiger partial charge in [0.15, 0.2) is 11.5 Å². The third-order valence-electron chi connectivity index (χ3n) is 4.66. The molecule has 2 aliphatic rings. The Morgan fingerprint density at radius 1 is 1.26 bits per heavy atom. The number of ether oxygens (including phenoxy) is 3. The van der Waals surface area contributed by atoms with Crippen LogP contribution in [0, 0.1) is 5.92 Å². The SMILES string of the molecule is COc1cc(C(CC(=O)O)C2CC2)ccc1OC1CCOCC1. The topological polar surface area (TPSA) is 65.0 Å². The maximum absolute atomic E-state index is 11.1. The Hall–Kier alpha value is -1.75. The Bertz CT molecular complexity index is 546. The summed E-state index contributed by atoms with van der Waals surface area (Å²) in [5.74, 6) is 1.22. The fraction of sp³-hybridized carbons (Fsp3) is 0.611. The lowest BCUT2D eigenvalue weighted by molar-refractivity contribution is -0.137. The zero-order valence-electron chi connectivity index (χ0n) is 13.5. The van der Waals surface area contributed by atoms with Gasteiger partial charge in [0, 0.05) is 12.8 Å². The summed E-state index contributed by atoms with van der Waals surface area (Å²) in [5.41, 5.74) is 1.03. The van der Waals surface area contributed by atoms with Crippen molar-refractivity contribution in [2.45, 2.75) is 44.1 Å². The molecule has 3 rings (SSSR count). The minimum absolute atomic E-state index is 0.0681. The van der Waals surface area contributed by atoms with Crippen LogP contribution in [-0.2, 0) is 9.53 Å². The zero-order valence-corrected chi connectivity index (χ0v) is 13.5. The van der Waals surface area contributed by atoms with E-state index in [0.717, 1.165) is 50.2 Å². The second kappa shape index (κ2) is 7.21. The molecule has 1 heterocycles. The number of rotatable bonds is 7. The minimum Gasteiger partial charge on any atom is -0.493 e. The Morgan fingerprint density at radius 3 is 2.61 bits per heavy atom. The van der Waals surface area contributed by atoms with Crippen LogP contribution >= 0.6 is 0 Å². The summed E-state index contributed by atoms with van der Waals surface area (Å²) in [6.07, 6.45) is 4.32. The molecule has 5 nitrogen and oxygen atoms in total. The molecule has 1 aliphatic carbocycles. The molecule has 1 atom stereocenters.